The molecule has 0 radical (unpaired) electrons. The molecule has 136 valence electrons. The number of carboxylic acid groups (broad SMARTS) is 1. The van der Waals surface area contributed by atoms with Crippen molar-refractivity contribution in [1.29, 1.82) is 0 Å². The lowest BCUT2D eigenvalue weighted by molar-refractivity contribution is -0.137. The number of rotatable bonds is 3. The molecule has 0 aliphatic carbocycles. The SMILES string of the molecule is O=C(O)CCC1COC2(N1)c1ccccc1-n1c2nc2ccccc2c1=O. The fourth-order valence-corrected chi connectivity index (χ4v) is 4.01. The van der Waals surface area contributed by atoms with Crippen LogP contribution in [0.4, 0.5) is 0 Å². The van der Waals surface area contributed by atoms with Gasteiger partial charge in [-0.05, 0) is 24.6 Å². The molecule has 0 saturated carbocycles. The molecule has 7 heteroatoms. The van der Waals surface area contributed by atoms with Crippen LogP contribution in [0.3, 0.4) is 0 Å². The molecule has 0 bridgehead atoms. The van der Waals surface area contributed by atoms with Crippen LogP contribution in [0.2, 0.25) is 0 Å². The van der Waals surface area contributed by atoms with Crippen molar-refractivity contribution in [3.63, 3.8) is 0 Å². The maximum atomic E-state index is 13.2. The molecule has 2 aliphatic rings. The summed E-state index contributed by atoms with van der Waals surface area (Å²) < 4.78 is 7.78. The first kappa shape index (κ1) is 16.2. The van der Waals surface area contributed by atoms with Gasteiger partial charge in [0, 0.05) is 18.0 Å². The third-order valence-corrected chi connectivity index (χ3v) is 5.23. The third-order valence-electron chi connectivity index (χ3n) is 5.23. The minimum atomic E-state index is -1.04. The van der Waals surface area contributed by atoms with Crippen LogP contribution in [0.15, 0.2) is 53.3 Å². The summed E-state index contributed by atoms with van der Waals surface area (Å²) in [6.07, 6.45) is 0.494. The zero-order valence-corrected chi connectivity index (χ0v) is 14.4. The number of aromatic nitrogens is 2. The lowest BCUT2D eigenvalue weighted by Crippen LogP contribution is -2.43. The second kappa shape index (κ2) is 5.73. The number of fused-ring (bicyclic) bond motifs is 6. The van der Waals surface area contributed by atoms with E-state index in [-0.39, 0.29) is 18.0 Å². The van der Waals surface area contributed by atoms with E-state index >= 15 is 0 Å². The van der Waals surface area contributed by atoms with Crippen LogP contribution in [0.25, 0.3) is 16.6 Å². The molecule has 7 nitrogen and oxygen atoms in total. The first-order valence-electron chi connectivity index (χ1n) is 8.86. The lowest BCUT2D eigenvalue weighted by Gasteiger charge is -2.24. The summed E-state index contributed by atoms with van der Waals surface area (Å²) >= 11 is 0. The van der Waals surface area contributed by atoms with Crippen molar-refractivity contribution in [3.8, 4) is 5.69 Å². The Balaban J connectivity index is 1.71. The van der Waals surface area contributed by atoms with Crippen LogP contribution >= 0.6 is 0 Å². The Kier molecular flexibility index (Phi) is 3.43. The van der Waals surface area contributed by atoms with Crippen LogP contribution < -0.4 is 10.9 Å². The lowest BCUT2D eigenvalue weighted by atomic mass is 10.0. The number of ether oxygens (including phenoxy) is 1. The van der Waals surface area contributed by atoms with E-state index in [9.17, 15) is 9.59 Å². The average Bonchev–Trinajstić information content (AvgIpc) is 3.22. The van der Waals surface area contributed by atoms with E-state index in [1.165, 1.54) is 0 Å². The predicted molar refractivity (Wildman–Crippen MR) is 97.9 cm³/mol. The zero-order valence-electron chi connectivity index (χ0n) is 14.4. The van der Waals surface area contributed by atoms with Crippen LogP contribution in [-0.2, 0) is 15.3 Å². The summed E-state index contributed by atoms with van der Waals surface area (Å²) in [5, 5.41) is 12.9. The Morgan fingerprint density at radius 1 is 1.26 bits per heavy atom. The van der Waals surface area contributed by atoms with E-state index < -0.39 is 11.7 Å². The van der Waals surface area contributed by atoms with Gasteiger partial charge in [-0.25, -0.2) is 4.98 Å². The van der Waals surface area contributed by atoms with E-state index in [0.717, 1.165) is 11.3 Å². The fraction of sp³-hybridized carbons (Fsp3) is 0.250. The molecule has 27 heavy (non-hydrogen) atoms. The maximum Gasteiger partial charge on any atom is 0.303 e. The van der Waals surface area contributed by atoms with Crippen molar-refractivity contribution >= 4 is 16.9 Å². The van der Waals surface area contributed by atoms with Gasteiger partial charge in [0.15, 0.2) is 5.82 Å². The van der Waals surface area contributed by atoms with Gasteiger partial charge >= 0.3 is 5.97 Å². The number of carboxylic acids is 1. The molecule has 1 fully saturated rings. The largest absolute Gasteiger partial charge is 0.481 e. The van der Waals surface area contributed by atoms with Gasteiger partial charge in [-0.2, -0.15) is 0 Å². The molecule has 2 unspecified atom stereocenters. The molecule has 1 spiro atoms. The molecule has 2 N–H and O–H groups in total. The van der Waals surface area contributed by atoms with Crippen molar-refractivity contribution in [1.82, 2.24) is 14.9 Å². The number of benzene rings is 2. The average molecular weight is 363 g/mol. The summed E-state index contributed by atoms with van der Waals surface area (Å²) in [4.78, 5) is 28.9. The van der Waals surface area contributed by atoms with Gasteiger partial charge in [0.25, 0.3) is 5.56 Å². The number of nitrogens with zero attached hydrogens (tertiary/aromatic N) is 2. The van der Waals surface area contributed by atoms with Crippen LogP contribution in [-0.4, -0.2) is 33.3 Å². The van der Waals surface area contributed by atoms with Gasteiger partial charge in [-0.3, -0.25) is 19.5 Å². The Morgan fingerprint density at radius 2 is 2.04 bits per heavy atom. The highest BCUT2D eigenvalue weighted by atomic mass is 16.5. The van der Waals surface area contributed by atoms with E-state index in [1.54, 1.807) is 10.6 Å². The quantitative estimate of drug-likeness (QED) is 0.736. The van der Waals surface area contributed by atoms with Crippen molar-refractivity contribution in [3.05, 3.63) is 70.3 Å². The topological polar surface area (TPSA) is 93.4 Å². The first-order valence-corrected chi connectivity index (χ1v) is 8.86. The van der Waals surface area contributed by atoms with E-state index in [1.807, 2.05) is 42.5 Å². The molecule has 1 aromatic heterocycles. The summed E-state index contributed by atoms with van der Waals surface area (Å²) in [5.74, 6) is -0.351. The molecule has 3 aromatic rings. The number of carbonyl (C=O) groups is 1. The highest BCUT2D eigenvalue weighted by Crippen LogP contribution is 2.43. The molecule has 2 aliphatic heterocycles. The Bertz CT molecular complexity index is 1140. The first-order chi connectivity index (χ1) is 13.1. The Morgan fingerprint density at radius 3 is 2.89 bits per heavy atom. The number of aliphatic carboxylic acids is 1. The Hall–Kier alpha value is -3.03. The number of nitrogens with one attached hydrogen (secondary N) is 1. The smallest absolute Gasteiger partial charge is 0.303 e. The van der Waals surface area contributed by atoms with Gasteiger partial charge in [0.1, 0.15) is 0 Å². The van der Waals surface area contributed by atoms with Crippen molar-refractivity contribution in [2.24, 2.45) is 0 Å². The Labute approximate surface area is 154 Å². The summed E-state index contributed by atoms with van der Waals surface area (Å²) in [5.41, 5.74) is 0.993. The van der Waals surface area contributed by atoms with Crippen LogP contribution in [0, 0.1) is 0 Å². The van der Waals surface area contributed by atoms with Gasteiger partial charge in [-0.1, -0.05) is 30.3 Å². The highest BCUT2D eigenvalue weighted by Gasteiger charge is 2.52. The molecule has 2 atom stereocenters. The second-order valence-electron chi connectivity index (χ2n) is 6.88. The molecular formula is C20H17N3O4. The fourth-order valence-electron chi connectivity index (χ4n) is 4.01. The minimum Gasteiger partial charge on any atom is -0.481 e. The standard InChI is InChI=1S/C20H17N3O4/c24-17(25)10-9-12-11-27-20(22-12)14-6-2-4-8-16(14)23-18(26)13-5-1-3-7-15(13)21-19(20)23/h1-8,12,22H,9-11H2,(H,24,25). The third kappa shape index (κ3) is 2.25. The molecule has 3 heterocycles. The van der Waals surface area contributed by atoms with Gasteiger partial charge in [-0.15, -0.1) is 0 Å². The molecule has 1 saturated heterocycles. The highest BCUT2D eigenvalue weighted by molar-refractivity contribution is 5.79. The van der Waals surface area contributed by atoms with E-state index in [0.29, 0.717) is 29.8 Å². The number of hydrogen-bond donors (Lipinski definition) is 2. The van der Waals surface area contributed by atoms with Crippen LogP contribution in [0.5, 0.6) is 0 Å². The van der Waals surface area contributed by atoms with Crippen molar-refractivity contribution in [2.45, 2.75) is 24.6 Å². The number of para-hydroxylation sites is 2. The molecular weight excluding hydrogens is 346 g/mol. The van der Waals surface area contributed by atoms with Crippen LogP contribution in [0.1, 0.15) is 24.2 Å². The van der Waals surface area contributed by atoms with Crippen molar-refractivity contribution < 1.29 is 14.6 Å². The molecule has 2 aromatic carbocycles. The maximum absolute atomic E-state index is 13.2. The summed E-state index contributed by atoms with van der Waals surface area (Å²) in [6.45, 7) is 0.351. The predicted octanol–water partition coefficient (Wildman–Crippen LogP) is 1.75. The number of hydrogen-bond acceptors (Lipinski definition) is 5. The van der Waals surface area contributed by atoms with E-state index in [4.69, 9.17) is 14.8 Å². The van der Waals surface area contributed by atoms with Crippen molar-refractivity contribution in [2.75, 3.05) is 6.61 Å². The molecule has 0 amide bonds. The van der Waals surface area contributed by atoms with Gasteiger partial charge < -0.3 is 9.84 Å². The summed E-state index contributed by atoms with van der Waals surface area (Å²) in [6, 6.07) is 14.7. The van der Waals surface area contributed by atoms with Gasteiger partial charge in [0.2, 0.25) is 5.72 Å². The normalized spacial score (nSPS) is 22.9. The molecule has 5 rings (SSSR count). The second-order valence-corrected chi connectivity index (χ2v) is 6.88. The monoisotopic (exact) mass is 363 g/mol. The zero-order chi connectivity index (χ0) is 18.6. The van der Waals surface area contributed by atoms with E-state index in [2.05, 4.69) is 5.32 Å². The summed E-state index contributed by atoms with van der Waals surface area (Å²) in [7, 11) is 0. The minimum absolute atomic E-state index is 0.0523. The van der Waals surface area contributed by atoms with Gasteiger partial charge in [0.05, 0.1) is 23.2 Å².